The molecule has 0 amide bonds. The molecule has 0 saturated heterocycles. The van der Waals surface area contributed by atoms with Crippen LogP contribution in [-0.2, 0) is 11.3 Å². The lowest BCUT2D eigenvalue weighted by Gasteiger charge is -2.08. The standard InChI is InChI=1S/C16H18N2O3.ClH/c1-3-21-16(19)13-7-8-15(18-11-13)17-10-12-5-4-6-14(9-12)20-2;/h4-9,11H,3,10H2,1-2H3,(H,17,18);1H. The number of rotatable bonds is 6. The van der Waals surface area contributed by atoms with Gasteiger partial charge in [-0.3, -0.25) is 0 Å². The number of carbonyl (C=O) groups is 1. The molecule has 0 aliphatic carbocycles. The highest BCUT2D eigenvalue weighted by Gasteiger charge is 2.06. The number of aromatic nitrogens is 1. The van der Waals surface area contributed by atoms with Crippen LogP contribution in [0.4, 0.5) is 5.82 Å². The monoisotopic (exact) mass is 322 g/mol. The maximum absolute atomic E-state index is 11.5. The van der Waals surface area contributed by atoms with Crippen LogP contribution >= 0.6 is 12.4 Å². The summed E-state index contributed by atoms with van der Waals surface area (Å²) in [6.07, 6.45) is 1.51. The van der Waals surface area contributed by atoms with Crippen molar-refractivity contribution in [2.45, 2.75) is 13.5 Å². The van der Waals surface area contributed by atoms with Gasteiger partial charge < -0.3 is 14.8 Å². The molecule has 1 heterocycles. The van der Waals surface area contributed by atoms with Gasteiger partial charge in [-0.1, -0.05) is 12.1 Å². The molecule has 118 valence electrons. The van der Waals surface area contributed by atoms with Crippen molar-refractivity contribution < 1.29 is 14.3 Å². The molecular weight excluding hydrogens is 304 g/mol. The number of halogens is 1. The first kappa shape index (κ1) is 17.8. The van der Waals surface area contributed by atoms with Crippen LogP contribution in [0.15, 0.2) is 42.6 Å². The third kappa shape index (κ3) is 4.93. The van der Waals surface area contributed by atoms with Crippen LogP contribution in [-0.4, -0.2) is 24.7 Å². The van der Waals surface area contributed by atoms with Crippen LogP contribution in [0.2, 0.25) is 0 Å². The fourth-order valence-electron chi connectivity index (χ4n) is 1.81. The summed E-state index contributed by atoms with van der Waals surface area (Å²) in [5.41, 5.74) is 1.54. The van der Waals surface area contributed by atoms with Gasteiger partial charge >= 0.3 is 5.97 Å². The Kier molecular flexibility index (Phi) is 7.19. The van der Waals surface area contributed by atoms with E-state index < -0.39 is 0 Å². The molecule has 6 heteroatoms. The van der Waals surface area contributed by atoms with E-state index in [1.54, 1.807) is 26.2 Å². The average Bonchev–Trinajstić information content (AvgIpc) is 2.54. The van der Waals surface area contributed by atoms with E-state index in [2.05, 4.69) is 10.3 Å². The van der Waals surface area contributed by atoms with Crippen molar-refractivity contribution in [3.63, 3.8) is 0 Å². The molecular formula is C16H19ClN2O3. The molecule has 0 aliphatic heterocycles. The molecule has 5 nitrogen and oxygen atoms in total. The average molecular weight is 323 g/mol. The highest BCUT2D eigenvalue weighted by Crippen LogP contribution is 2.14. The number of anilines is 1. The van der Waals surface area contributed by atoms with E-state index in [9.17, 15) is 4.79 Å². The highest BCUT2D eigenvalue weighted by molar-refractivity contribution is 5.89. The fourth-order valence-corrected chi connectivity index (χ4v) is 1.81. The normalized spacial score (nSPS) is 9.55. The van der Waals surface area contributed by atoms with Crippen LogP contribution in [0.3, 0.4) is 0 Å². The number of nitrogens with one attached hydrogen (secondary N) is 1. The molecule has 1 aromatic heterocycles. The summed E-state index contributed by atoms with van der Waals surface area (Å²) in [5.74, 6) is 1.16. The summed E-state index contributed by atoms with van der Waals surface area (Å²) in [5, 5.41) is 3.19. The van der Waals surface area contributed by atoms with Gasteiger partial charge in [-0.15, -0.1) is 12.4 Å². The quantitative estimate of drug-likeness (QED) is 0.827. The van der Waals surface area contributed by atoms with Gasteiger partial charge in [0.25, 0.3) is 0 Å². The first-order chi connectivity index (χ1) is 10.2. The summed E-state index contributed by atoms with van der Waals surface area (Å²) in [6.45, 7) is 2.76. The van der Waals surface area contributed by atoms with E-state index in [0.717, 1.165) is 11.3 Å². The number of benzene rings is 1. The van der Waals surface area contributed by atoms with Crippen LogP contribution in [0.25, 0.3) is 0 Å². The smallest absolute Gasteiger partial charge is 0.339 e. The Bertz CT molecular complexity index is 603. The minimum absolute atomic E-state index is 0. The van der Waals surface area contributed by atoms with Crippen molar-refractivity contribution in [3.05, 3.63) is 53.7 Å². The minimum Gasteiger partial charge on any atom is -0.497 e. The van der Waals surface area contributed by atoms with Gasteiger partial charge in [-0.25, -0.2) is 9.78 Å². The molecule has 0 radical (unpaired) electrons. The number of carbonyl (C=O) groups excluding carboxylic acids is 1. The summed E-state index contributed by atoms with van der Waals surface area (Å²) in [7, 11) is 1.64. The van der Waals surface area contributed by atoms with Crippen molar-refractivity contribution in [1.82, 2.24) is 4.98 Å². The Morgan fingerprint density at radius 2 is 2.09 bits per heavy atom. The molecule has 0 bridgehead atoms. The van der Waals surface area contributed by atoms with Gasteiger partial charge in [0.1, 0.15) is 11.6 Å². The summed E-state index contributed by atoms with van der Waals surface area (Å²) in [6, 6.07) is 11.2. The van der Waals surface area contributed by atoms with Crippen molar-refractivity contribution >= 4 is 24.2 Å². The molecule has 0 spiro atoms. The van der Waals surface area contributed by atoms with Crippen LogP contribution in [0.5, 0.6) is 5.75 Å². The molecule has 0 atom stereocenters. The summed E-state index contributed by atoms with van der Waals surface area (Å²) < 4.78 is 10.1. The lowest BCUT2D eigenvalue weighted by molar-refractivity contribution is 0.0526. The van der Waals surface area contributed by atoms with Gasteiger partial charge in [0.05, 0.1) is 19.3 Å². The first-order valence-electron chi connectivity index (χ1n) is 6.73. The van der Waals surface area contributed by atoms with Gasteiger partial charge in [-0.05, 0) is 36.8 Å². The van der Waals surface area contributed by atoms with Crippen molar-refractivity contribution in [2.24, 2.45) is 0 Å². The number of pyridine rings is 1. The third-order valence-electron chi connectivity index (χ3n) is 2.88. The highest BCUT2D eigenvalue weighted by atomic mass is 35.5. The largest absolute Gasteiger partial charge is 0.497 e. The van der Waals surface area contributed by atoms with E-state index in [1.807, 2.05) is 24.3 Å². The van der Waals surface area contributed by atoms with Gasteiger partial charge in [-0.2, -0.15) is 0 Å². The van der Waals surface area contributed by atoms with Crippen molar-refractivity contribution in [2.75, 3.05) is 19.0 Å². The molecule has 0 saturated carbocycles. The van der Waals surface area contributed by atoms with Crippen LogP contribution < -0.4 is 10.1 Å². The molecule has 2 aromatic rings. The van der Waals surface area contributed by atoms with Crippen LogP contribution in [0, 0.1) is 0 Å². The Morgan fingerprint density at radius 1 is 1.27 bits per heavy atom. The summed E-state index contributed by atoms with van der Waals surface area (Å²) >= 11 is 0. The zero-order valence-electron chi connectivity index (χ0n) is 12.5. The number of methoxy groups -OCH3 is 1. The molecule has 1 aromatic carbocycles. The van der Waals surface area contributed by atoms with Crippen molar-refractivity contribution in [3.8, 4) is 5.75 Å². The van der Waals surface area contributed by atoms with E-state index in [-0.39, 0.29) is 18.4 Å². The molecule has 0 unspecified atom stereocenters. The first-order valence-corrected chi connectivity index (χ1v) is 6.73. The van der Waals surface area contributed by atoms with Crippen molar-refractivity contribution in [1.29, 1.82) is 0 Å². The Balaban J connectivity index is 0.00000242. The fraction of sp³-hybridized carbons (Fsp3) is 0.250. The second-order valence-electron chi connectivity index (χ2n) is 4.36. The zero-order valence-corrected chi connectivity index (χ0v) is 13.4. The third-order valence-corrected chi connectivity index (χ3v) is 2.88. The van der Waals surface area contributed by atoms with E-state index in [0.29, 0.717) is 24.5 Å². The molecule has 0 fully saturated rings. The van der Waals surface area contributed by atoms with Gasteiger partial charge in [0, 0.05) is 12.7 Å². The Hall–Kier alpha value is -2.27. The number of hydrogen-bond donors (Lipinski definition) is 1. The molecule has 0 aliphatic rings. The SMILES string of the molecule is CCOC(=O)c1ccc(NCc2cccc(OC)c2)nc1.Cl. The maximum Gasteiger partial charge on any atom is 0.339 e. The zero-order chi connectivity index (χ0) is 15.1. The number of ether oxygens (including phenoxy) is 2. The molecule has 22 heavy (non-hydrogen) atoms. The lowest BCUT2D eigenvalue weighted by Crippen LogP contribution is -2.06. The maximum atomic E-state index is 11.5. The Labute approximate surface area is 136 Å². The van der Waals surface area contributed by atoms with E-state index >= 15 is 0 Å². The Morgan fingerprint density at radius 3 is 2.73 bits per heavy atom. The topological polar surface area (TPSA) is 60.5 Å². The van der Waals surface area contributed by atoms with E-state index in [4.69, 9.17) is 9.47 Å². The second-order valence-corrected chi connectivity index (χ2v) is 4.36. The molecule has 2 rings (SSSR count). The van der Waals surface area contributed by atoms with E-state index in [1.165, 1.54) is 6.20 Å². The number of esters is 1. The van der Waals surface area contributed by atoms with Crippen LogP contribution in [0.1, 0.15) is 22.8 Å². The lowest BCUT2D eigenvalue weighted by atomic mass is 10.2. The van der Waals surface area contributed by atoms with Gasteiger partial charge in [0.15, 0.2) is 0 Å². The molecule has 1 N–H and O–H groups in total. The predicted molar refractivity (Wildman–Crippen MR) is 87.8 cm³/mol. The minimum atomic E-state index is -0.357. The second kappa shape index (κ2) is 8.89. The number of nitrogens with zero attached hydrogens (tertiary/aromatic N) is 1. The predicted octanol–water partition coefficient (Wildman–Crippen LogP) is 3.30. The van der Waals surface area contributed by atoms with Gasteiger partial charge in [0.2, 0.25) is 0 Å². The number of hydrogen-bond acceptors (Lipinski definition) is 5. The summed E-state index contributed by atoms with van der Waals surface area (Å²) in [4.78, 5) is 15.7.